The predicted octanol–water partition coefficient (Wildman–Crippen LogP) is 3.68. The molecule has 0 saturated carbocycles. The minimum absolute atomic E-state index is 0.125. The zero-order valence-corrected chi connectivity index (χ0v) is 16.4. The first-order chi connectivity index (χ1) is 12.6. The molecule has 1 aromatic heterocycles. The smallest absolute Gasteiger partial charge is 0.237 e. The number of hydrogen-bond donors (Lipinski definition) is 0. The summed E-state index contributed by atoms with van der Waals surface area (Å²) in [7, 11) is 0. The van der Waals surface area contributed by atoms with Gasteiger partial charge < -0.3 is 4.90 Å². The number of rotatable bonds is 7. The van der Waals surface area contributed by atoms with Crippen LogP contribution in [0.4, 0.5) is 0 Å². The zero-order chi connectivity index (χ0) is 18.5. The van der Waals surface area contributed by atoms with Gasteiger partial charge >= 0.3 is 0 Å². The van der Waals surface area contributed by atoms with Crippen molar-refractivity contribution in [1.29, 1.82) is 0 Å². The molecule has 0 saturated heterocycles. The fourth-order valence-corrected chi connectivity index (χ4v) is 4.03. The Morgan fingerprint density at radius 1 is 1.27 bits per heavy atom. The topological polar surface area (TPSA) is 63.9 Å². The van der Waals surface area contributed by atoms with Crippen LogP contribution in [0.5, 0.6) is 0 Å². The van der Waals surface area contributed by atoms with E-state index in [9.17, 15) is 4.79 Å². The van der Waals surface area contributed by atoms with E-state index in [1.807, 2.05) is 17.0 Å². The van der Waals surface area contributed by atoms with Gasteiger partial charge in [-0.25, -0.2) is 0 Å². The Morgan fingerprint density at radius 3 is 2.69 bits per heavy atom. The third kappa shape index (κ3) is 4.33. The minimum Gasteiger partial charge on any atom is -0.316 e. The molecule has 0 radical (unpaired) electrons. The van der Waals surface area contributed by atoms with Gasteiger partial charge in [0.1, 0.15) is 0 Å². The molecular formula is C19H25N5OS. The Bertz CT molecular complexity index is 794. The maximum absolute atomic E-state index is 12.8. The molecule has 0 atom stereocenters. The van der Waals surface area contributed by atoms with E-state index in [-0.39, 0.29) is 5.91 Å². The molecule has 0 spiro atoms. The van der Waals surface area contributed by atoms with E-state index in [2.05, 4.69) is 48.4 Å². The molecule has 0 N–H and O–H groups in total. The van der Waals surface area contributed by atoms with Crippen molar-refractivity contribution in [3.05, 3.63) is 41.1 Å². The highest BCUT2D eigenvalue weighted by atomic mass is 32.2. The number of carbonyl (C=O) groups excluding carboxylic acids is 1. The maximum Gasteiger partial charge on any atom is 0.237 e. The lowest BCUT2D eigenvalue weighted by molar-refractivity contribution is -0.126. The highest BCUT2D eigenvalue weighted by molar-refractivity contribution is 7.99. The normalized spacial score (nSPS) is 13.7. The first kappa shape index (κ1) is 18.6. The molecule has 3 rings (SSSR count). The predicted molar refractivity (Wildman–Crippen MR) is 103 cm³/mol. The molecule has 1 heterocycles. The lowest BCUT2D eigenvalue weighted by Crippen LogP contribution is -2.32. The number of aryl methyl sites for hydroxylation is 2. The van der Waals surface area contributed by atoms with Crippen molar-refractivity contribution in [2.75, 3.05) is 12.3 Å². The summed E-state index contributed by atoms with van der Waals surface area (Å²) in [4.78, 5) is 14.7. The highest BCUT2D eigenvalue weighted by Crippen LogP contribution is 2.25. The molecule has 0 aliphatic heterocycles. The van der Waals surface area contributed by atoms with Crippen molar-refractivity contribution in [3.8, 4) is 5.69 Å². The molecule has 0 bridgehead atoms. The van der Waals surface area contributed by atoms with Crippen LogP contribution in [0, 0.1) is 13.8 Å². The average molecular weight is 372 g/mol. The number of carbonyl (C=O) groups is 1. The standard InChI is InChI=1S/C19H25N5OS/c1-4-9-23(16-7-5-6-8-16)18(25)13-26-19-20-21-22-24(19)17-11-14(2)10-15(3)12-17/h7,10-12H,4-6,8-9,13H2,1-3H3. The van der Waals surface area contributed by atoms with Crippen molar-refractivity contribution in [1.82, 2.24) is 25.1 Å². The molecule has 7 heteroatoms. The summed E-state index contributed by atoms with van der Waals surface area (Å²) in [6, 6.07) is 6.20. The molecule has 0 fully saturated rings. The fourth-order valence-electron chi connectivity index (χ4n) is 3.26. The van der Waals surface area contributed by atoms with Gasteiger partial charge in [-0.2, -0.15) is 4.68 Å². The SMILES string of the molecule is CCCN(C(=O)CSc1nnnn1-c1cc(C)cc(C)c1)C1=CCCC1. The number of benzene rings is 1. The van der Waals surface area contributed by atoms with E-state index in [4.69, 9.17) is 0 Å². The second-order valence-corrected chi connectivity index (χ2v) is 7.58. The summed E-state index contributed by atoms with van der Waals surface area (Å²) in [5.41, 5.74) is 4.41. The van der Waals surface area contributed by atoms with Crippen molar-refractivity contribution >= 4 is 17.7 Å². The summed E-state index contributed by atoms with van der Waals surface area (Å²) in [5, 5.41) is 12.6. The van der Waals surface area contributed by atoms with E-state index >= 15 is 0 Å². The lowest BCUT2D eigenvalue weighted by Gasteiger charge is -2.23. The second kappa shape index (κ2) is 8.49. The van der Waals surface area contributed by atoms with Crippen LogP contribution in [0.1, 0.15) is 43.7 Å². The number of nitrogens with zero attached hydrogens (tertiary/aromatic N) is 5. The minimum atomic E-state index is 0.125. The number of allylic oxidation sites excluding steroid dienone is 2. The Balaban J connectivity index is 1.72. The third-order valence-corrected chi connectivity index (χ3v) is 5.23. The van der Waals surface area contributed by atoms with E-state index in [0.29, 0.717) is 10.9 Å². The van der Waals surface area contributed by atoms with Crippen molar-refractivity contribution in [2.45, 2.75) is 51.6 Å². The Kier molecular flexibility index (Phi) is 6.08. The summed E-state index contributed by atoms with van der Waals surface area (Å²) >= 11 is 1.39. The van der Waals surface area contributed by atoms with E-state index in [1.165, 1.54) is 17.5 Å². The number of hydrogen-bond acceptors (Lipinski definition) is 5. The number of thioether (sulfide) groups is 1. The van der Waals surface area contributed by atoms with Crippen molar-refractivity contribution < 1.29 is 4.79 Å². The first-order valence-electron chi connectivity index (χ1n) is 9.07. The maximum atomic E-state index is 12.8. The summed E-state index contributed by atoms with van der Waals surface area (Å²) in [6.07, 6.45) is 6.35. The van der Waals surface area contributed by atoms with E-state index < -0.39 is 0 Å². The first-order valence-corrected chi connectivity index (χ1v) is 10.1. The van der Waals surface area contributed by atoms with Gasteiger partial charge in [0.15, 0.2) is 0 Å². The Morgan fingerprint density at radius 2 is 2.04 bits per heavy atom. The van der Waals surface area contributed by atoms with Gasteiger partial charge in [0.25, 0.3) is 0 Å². The van der Waals surface area contributed by atoms with Gasteiger partial charge in [-0.1, -0.05) is 30.8 Å². The van der Waals surface area contributed by atoms with Crippen molar-refractivity contribution in [3.63, 3.8) is 0 Å². The molecule has 138 valence electrons. The molecule has 0 unspecified atom stereocenters. The largest absolute Gasteiger partial charge is 0.316 e. The molecule has 1 aliphatic rings. The number of aromatic nitrogens is 4. The van der Waals surface area contributed by atoms with Crippen LogP contribution in [0.3, 0.4) is 0 Å². The molecule has 1 amide bonds. The molecule has 6 nitrogen and oxygen atoms in total. The van der Waals surface area contributed by atoms with Gasteiger partial charge in [0, 0.05) is 12.2 Å². The Hall–Kier alpha value is -2.15. The zero-order valence-electron chi connectivity index (χ0n) is 15.6. The second-order valence-electron chi connectivity index (χ2n) is 6.64. The van der Waals surface area contributed by atoms with Crippen LogP contribution in [0.15, 0.2) is 35.1 Å². The average Bonchev–Trinajstić information content (AvgIpc) is 3.28. The van der Waals surface area contributed by atoms with Crippen LogP contribution >= 0.6 is 11.8 Å². The third-order valence-electron chi connectivity index (χ3n) is 4.33. The lowest BCUT2D eigenvalue weighted by atomic mass is 10.1. The van der Waals surface area contributed by atoms with Gasteiger partial charge in [-0.3, -0.25) is 4.79 Å². The summed E-state index contributed by atoms with van der Waals surface area (Å²) in [6.45, 7) is 6.97. The van der Waals surface area contributed by atoms with Gasteiger partial charge in [0.05, 0.1) is 11.4 Å². The van der Waals surface area contributed by atoms with Gasteiger partial charge in [-0.15, -0.1) is 5.10 Å². The summed E-state index contributed by atoms with van der Waals surface area (Å²) < 4.78 is 1.71. The van der Waals surface area contributed by atoms with Crippen LogP contribution in [0.25, 0.3) is 5.69 Å². The van der Waals surface area contributed by atoms with Gasteiger partial charge in [0.2, 0.25) is 11.1 Å². The molecule has 1 aromatic carbocycles. The van der Waals surface area contributed by atoms with Gasteiger partial charge in [-0.05, 0) is 73.2 Å². The molecule has 1 aliphatic carbocycles. The van der Waals surface area contributed by atoms with Crippen LogP contribution in [-0.4, -0.2) is 43.3 Å². The van der Waals surface area contributed by atoms with E-state index in [0.717, 1.165) is 49.0 Å². The van der Waals surface area contributed by atoms with Crippen LogP contribution in [-0.2, 0) is 4.79 Å². The van der Waals surface area contributed by atoms with Crippen LogP contribution in [0.2, 0.25) is 0 Å². The molecule has 26 heavy (non-hydrogen) atoms. The van der Waals surface area contributed by atoms with Crippen LogP contribution < -0.4 is 0 Å². The summed E-state index contributed by atoms with van der Waals surface area (Å²) in [5.74, 6) is 0.461. The molecule has 2 aromatic rings. The number of amides is 1. The fraction of sp³-hybridized carbons (Fsp3) is 0.474. The highest BCUT2D eigenvalue weighted by Gasteiger charge is 2.21. The monoisotopic (exact) mass is 371 g/mol. The number of tetrazole rings is 1. The Labute approximate surface area is 158 Å². The molecular weight excluding hydrogens is 346 g/mol. The quantitative estimate of drug-likeness (QED) is 0.695. The van der Waals surface area contributed by atoms with E-state index in [1.54, 1.807) is 4.68 Å². The van der Waals surface area contributed by atoms with Crippen molar-refractivity contribution in [2.24, 2.45) is 0 Å².